The summed E-state index contributed by atoms with van der Waals surface area (Å²) in [6.07, 6.45) is 0. The Labute approximate surface area is 98.1 Å². The lowest BCUT2D eigenvalue weighted by atomic mass is 10.4. The first kappa shape index (κ1) is 10.2. The van der Waals surface area contributed by atoms with Gasteiger partial charge in [0.05, 0.1) is 10.9 Å². The van der Waals surface area contributed by atoms with Gasteiger partial charge >= 0.3 is 0 Å². The Morgan fingerprint density at radius 3 is 2.79 bits per heavy atom. The molecule has 2 N–H and O–H groups in total. The second-order valence-corrected chi connectivity index (χ2v) is 5.61. The minimum atomic E-state index is -0.0417. The molecule has 2 rings (SSSR count). The standard InChI is InChI=1S/C8H8BrN3S2/c1-4(10)7-11-12-8(14-7)6-5(9)2-3-13-6/h2-4H,10H2,1H3. The van der Waals surface area contributed by atoms with E-state index in [2.05, 4.69) is 26.1 Å². The van der Waals surface area contributed by atoms with Crippen LogP contribution in [0.15, 0.2) is 15.9 Å². The van der Waals surface area contributed by atoms with Gasteiger partial charge in [0.25, 0.3) is 0 Å². The molecule has 74 valence electrons. The smallest absolute Gasteiger partial charge is 0.159 e. The molecule has 2 heterocycles. The van der Waals surface area contributed by atoms with Crippen molar-refractivity contribution in [2.45, 2.75) is 13.0 Å². The number of halogens is 1. The Kier molecular flexibility index (Phi) is 2.96. The van der Waals surface area contributed by atoms with E-state index >= 15 is 0 Å². The molecule has 0 aromatic carbocycles. The monoisotopic (exact) mass is 289 g/mol. The van der Waals surface area contributed by atoms with E-state index in [4.69, 9.17) is 5.73 Å². The first-order chi connectivity index (χ1) is 6.68. The molecule has 1 atom stereocenters. The maximum absolute atomic E-state index is 5.72. The molecule has 0 aliphatic heterocycles. The number of hydrogen-bond acceptors (Lipinski definition) is 5. The topological polar surface area (TPSA) is 51.8 Å². The van der Waals surface area contributed by atoms with Crippen molar-refractivity contribution in [1.29, 1.82) is 0 Å². The number of rotatable bonds is 2. The van der Waals surface area contributed by atoms with Crippen LogP contribution >= 0.6 is 38.6 Å². The molecule has 1 unspecified atom stereocenters. The van der Waals surface area contributed by atoms with E-state index in [9.17, 15) is 0 Å². The molecule has 14 heavy (non-hydrogen) atoms. The van der Waals surface area contributed by atoms with Crippen molar-refractivity contribution in [3.63, 3.8) is 0 Å². The Morgan fingerprint density at radius 2 is 2.29 bits per heavy atom. The Morgan fingerprint density at radius 1 is 1.50 bits per heavy atom. The molecule has 0 aliphatic carbocycles. The molecule has 0 spiro atoms. The Bertz CT molecular complexity index is 435. The zero-order valence-electron chi connectivity index (χ0n) is 7.40. The van der Waals surface area contributed by atoms with Gasteiger partial charge in [-0.1, -0.05) is 11.3 Å². The van der Waals surface area contributed by atoms with E-state index in [-0.39, 0.29) is 6.04 Å². The second kappa shape index (κ2) is 4.06. The van der Waals surface area contributed by atoms with Crippen molar-refractivity contribution < 1.29 is 0 Å². The molecule has 3 nitrogen and oxygen atoms in total. The lowest BCUT2D eigenvalue weighted by Gasteiger charge is -1.94. The summed E-state index contributed by atoms with van der Waals surface area (Å²) in [7, 11) is 0. The fraction of sp³-hybridized carbons (Fsp3) is 0.250. The van der Waals surface area contributed by atoms with Gasteiger partial charge in [0.2, 0.25) is 0 Å². The van der Waals surface area contributed by atoms with E-state index in [0.29, 0.717) is 0 Å². The van der Waals surface area contributed by atoms with Gasteiger partial charge in [-0.3, -0.25) is 0 Å². The van der Waals surface area contributed by atoms with Crippen LogP contribution in [0.2, 0.25) is 0 Å². The van der Waals surface area contributed by atoms with Crippen LogP contribution in [-0.4, -0.2) is 10.2 Å². The van der Waals surface area contributed by atoms with Crippen LogP contribution in [0.5, 0.6) is 0 Å². The zero-order chi connectivity index (χ0) is 10.1. The molecular formula is C8H8BrN3S2. The highest BCUT2D eigenvalue weighted by molar-refractivity contribution is 9.10. The molecule has 0 saturated carbocycles. The molecule has 6 heteroatoms. The Balaban J connectivity index is 2.39. The quantitative estimate of drug-likeness (QED) is 0.924. The van der Waals surface area contributed by atoms with E-state index in [1.807, 2.05) is 18.4 Å². The van der Waals surface area contributed by atoms with Gasteiger partial charge in [0, 0.05) is 4.47 Å². The molecule has 0 bridgehead atoms. The summed E-state index contributed by atoms with van der Waals surface area (Å²) >= 11 is 6.66. The third-order valence-electron chi connectivity index (χ3n) is 1.64. The van der Waals surface area contributed by atoms with Crippen molar-refractivity contribution in [1.82, 2.24) is 10.2 Å². The normalized spacial score (nSPS) is 13.1. The van der Waals surface area contributed by atoms with Crippen LogP contribution in [0.4, 0.5) is 0 Å². The zero-order valence-corrected chi connectivity index (χ0v) is 10.6. The van der Waals surface area contributed by atoms with E-state index in [1.54, 1.807) is 22.7 Å². The summed E-state index contributed by atoms with van der Waals surface area (Å²) in [5.41, 5.74) is 5.72. The highest BCUT2D eigenvalue weighted by Crippen LogP contribution is 2.35. The van der Waals surface area contributed by atoms with Gasteiger partial charge in [-0.2, -0.15) is 0 Å². The highest BCUT2D eigenvalue weighted by Gasteiger charge is 2.12. The van der Waals surface area contributed by atoms with Crippen LogP contribution in [0.3, 0.4) is 0 Å². The van der Waals surface area contributed by atoms with Gasteiger partial charge in [-0.25, -0.2) is 0 Å². The van der Waals surface area contributed by atoms with E-state index in [1.165, 1.54) is 0 Å². The fourth-order valence-electron chi connectivity index (χ4n) is 0.957. The molecule has 0 amide bonds. The van der Waals surface area contributed by atoms with Crippen molar-refractivity contribution >= 4 is 38.6 Å². The minimum absolute atomic E-state index is 0.0417. The van der Waals surface area contributed by atoms with Crippen molar-refractivity contribution in [3.05, 3.63) is 20.9 Å². The summed E-state index contributed by atoms with van der Waals surface area (Å²) in [4.78, 5) is 1.12. The van der Waals surface area contributed by atoms with E-state index in [0.717, 1.165) is 19.4 Å². The van der Waals surface area contributed by atoms with Crippen LogP contribution in [0.1, 0.15) is 18.0 Å². The average molecular weight is 290 g/mol. The van der Waals surface area contributed by atoms with Gasteiger partial charge in [0.15, 0.2) is 5.01 Å². The fourth-order valence-corrected chi connectivity index (χ4v) is 3.54. The Hall–Kier alpha value is -0.300. The van der Waals surface area contributed by atoms with Crippen LogP contribution in [0.25, 0.3) is 9.88 Å². The lowest BCUT2D eigenvalue weighted by Crippen LogP contribution is -2.03. The summed E-state index contributed by atoms with van der Waals surface area (Å²) in [6.45, 7) is 1.91. The van der Waals surface area contributed by atoms with Crippen LogP contribution in [-0.2, 0) is 0 Å². The number of aromatic nitrogens is 2. The summed E-state index contributed by atoms with van der Waals surface area (Å²) < 4.78 is 1.06. The lowest BCUT2D eigenvalue weighted by molar-refractivity contribution is 0.786. The number of nitrogens with zero attached hydrogens (tertiary/aromatic N) is 2. The molecule has 0 aliphatic rings. The maximum Gasteiger partial charge on any atom is 0.159 e. The van der Waals surface area contributed by atoms with E-state index < -0.39 is 0 Å². The first-order valence-electron chi connectivity index (χ1n) is 4.01. The number of thiophene rings is 1. The van der Waals surface area contributed by atoms with Crippen LogP contribution < -0.4 is 5.73 Å². The van der Waals surface area contributed by atoms with Crippen molar-refractivity contribution in [2.24, 2.45) is 5.73 Å². The second-order valence-electron chi connectivity index (χ2n) is 2.83. The molecule has 2 aromatic heterocycles. The third kappa shape index (κ3) is 1.88. The molecule has 2 aromatic rings. The van der Waals surface area contributed by atoms with Gasteiger partial charge in [-0.05, 0) is 34.3 Å². The predicted molar refractivity (Wildman–Crippen MR) is 63.5 cm³/mol. The molecule has 0 fully saturated rings. The molecule has 0 radical (unpaired) electrons. The average Bonchev–Trinajstić information content (AvgIpc) is 2.71. The summed E-state index contributed by atoms with van der Waals surface area (Å²) in [5.74, 6) is 0. The predicted octanol–water partition coefficient (Wildman–Crippen LogP) is 3.05. The largest absolute Gasteiger partial charge is 0.322 e. The summed E-state index contributed by atoms with van der Waals surface area (Å²) in [5, 5.41) is 12.0. The number of hydrogen-bond donors (Lipinski definition) is 1. The van der Waals surface area contributed by atoms with Gasteiger partial charge in [-0.15, -0.1) is 21.5 Å². The van der Waals surface area contributed by atoms with Crippen molar-refractivity contribution in [3.8, 4) is 9.88 Å². The van der Waals surface area contributed by atoms with Crippen LogP contribution in [0, 0.1) is 0 Å². The minimum Gasteiger partial charge on any atom is -0.322 e. The molecule has 0 saturated heterocycles. The summed E-state index contributed by atoms with van der Waals surface area (Å²) in [6, 6.07) is 1.97. The van der Waals surface area contributed by atoms with Gasteiger partial charge in [0.1, 0.15) is 5.01 Å². The SMILES string of the molecule is CC(N)c1nnc(-c2sccc2Br)s1. The maximum atomic E-state index is 5.72. The van der Waals surface area contributed by atoms with Gasteiger partial charge < -0.3 is 5.73 Å². The first-order valence-corrected chi connectivity index (χ1v) is 6.49. The highest BCUT2D eigenvalue weighted by atomic mass is 79.9. The van der Waals surface area contributed by atoms with Crippen molar-refractivity contribution in [2.75, 3.05) is 0 Å². The third-order valence-corrected chi connectivity index (χ3v) is 4.76. The molecular weight excluding hydrogens is 282 g/mol. The number of nitrogens with two attached hydrogens (primary N) is 1.